The molecule has 10 heteroatoms. The van der Waals surface area contributed by atoms with Crippen LogP contribution in [0.25, 0.3) is 0 Å². The quantitative estimate of drug-likeness (QED) is 0.594. The molecule has 0 bridgehead atoms. The third kappa shape index (κ3) is 4.99. The molecule has 0 fully saturated rings. The number of aryl methyl sites for hydroxylation is 1. The fourth-order valence-electron chi connectivity index (χ4n) is 1.67. The number of halogens is 5. The van der Waals surface area contributed by atoms with Gasteiger partial charge in [-0.25, -0.2) is 9.97 Å². The Balaban J connectivity index is 2.04. The molecule has 2 aromatic rings. The number of carbonyl (C=O) groups is 1. The van der Waals surface area contributed by atoms with Crippen molar-refractivity contribution in [2.24, 2.45) is 0 Å². The zero-order valence-corrected chi connectivity index (χ0v) is 14.4. The van der Waals surface area contributed by atoms with Gasteiger partial charge in [0, 0.05) is 5.69 Å². The molecule has 2 rings (SSSR count). The first-order valence-corrected chi connectivity index (χ1v) is 8.20. The Morgan fingerprint density at radius 1 is 1.29 bits per heavy atom. The average molecular weight is 396 g/mol. The molecule has 128 valence electrons. The maximum Gasteiger partial charge on any atom is 0.433 e. The standard InChI is InChI=1S/C14H10Cl2F3N3OS/c1-7-5-10(14(17,18)19)22-13(20-7)24-6-11(23)21-9-4-2-3-8(15)12(9)16/h2-5H,6H2,1H3,(H,21,23). The normalized spacial score (nSPS) is 11.4. The number of rotatable bonds is 4. The van der Waals surface area contributed by atoms with Gasteiger partial charge in [0.05, 0.1) is 21.5 Å². The number of anilines is 1. The van der Waals surface area contributed by atoms with E-state index in [4.69, 9.17) is 23.2 Å². The minimum atomic E-state index is -4.57. The van der Waals surface area contributed by atoms with Gasteiger partial charge in [0.25, 0.3) is 0 Å². The van der Waals surface area contributed by atoms with Gasteiger partial charge in [-0.2, -0.15) is 13.2 Å². The van der Waals surface area contributed by atoms with Crippen LogP contribution in [0.15, 0.2) is 29.4 Å². The van der Waals surface area contributed by atoms with Gasteiger partial charge in [-0.15, -0.1) is 0 Å². The van der Waals surface area contributed by atoms with Crippen molar-refractivity contribution >= 4 is 46.6 Å². The fourth-order valence-corrected chi connectivity index (χ4v) is 2.72. The lowest BCUT2D eigenvalue weighted by Gasteiger charge is -2.09. The van der Waals surface area contributed by atoms with Gasteiger partial charge < -0.3 is 5.32 Å². The van der Waals surface area contributed by atoms with E-state index < -0.39 is 17.8 Å². The van der Waals surface area contributed by atoms with Crippen LogP contribution in [-0.2, 0) is 11.0 Å². The second kappa shape index (κ2) is 7.58. The van der Waals surface area contributed by atoms with E-state index in [1.807, 2.05) is 0 Å². The highest BCUT2D eigenvalue weighted by Gasteiger charge is 2.33. The van der Waals surface area contributed by atoms with Crippen LogP contribution in [0.5, 0.6) is 0 Å². The zero-order valence-electron chi connectivity index (χ0n) is 12.1. The van der Waals surface area contributed by atoms with Crippen molar-refractivity contribution in [1.29, 1.82) is 0 Å². The third-order valence-corrected chi connectivity index (χ3v) is 4.35. The Hall–Kier alpha value is -1.51. The smallest absolute Gasteiger partial charge is 0.324 e. The number of nitrogens with one attached hydrogen (secondary N) is 1. The zero-order chi connectivity index (χ0) is 17.9. The van der Waals surface area contributed by atoms with Gasteiger partial charge in [-0.05, 0) is 25.1 Å². The van der Waals surface area contributed by atoms with Crippen LogP contribution in [-0.4, -0.2) is 21.6 Å². The van der Waals surface area contributed by atoms with E-state index in [1.54, 1.807) is 18.2 Å². The molecule has 0 aliphatic rings. The first-order chi connectivity index (χ1) is 11.2. The SMILES string of the molecule is Cc1cc(C(F)(F)F)nc(SCC(=O)Nc2cccc(Cl)c2Cl)n1. The highest BCUT2D eigenvalue weighted by atomic mass is 35.5. The van der Waals surface area contributed by atoms with Crippen LogP contribution < -0.4 is 5.32 Å². The van der Waals surface area contributed by atoms with E-state index >= 15 is 0 Å². The number of benzene rings is 1. The largest absolute Gasteiger partial charge is 0.433 e. The lowest BCUT2D eigenvalue weighted by atomic mass is 10.3. The van der Waals surface area contributed by atoms with Gasteiger partial charge in [-0.1, -0.05) is 41.0 Å². The Morgan fingerprint density at radius 2 is 2.00 bits per heavy atom. The average Bonchev–Trinajstić information content (AvgIpc) is 2.48. The molecule has 1 aromatic heterocycles. The van der Waals surface area contributed by atoms with Gasteiger partial charge in [0.1, 0.15) is 5.69 Å². The van der Waals surface area contributed by atoms with E-state index in [2.05, 4.69) is 15.3 Å². The summed E-state index contributed by atoms with van der Waals surface area (Å²) in [5, 5.41) is 2.86. The summed E-state index contributed by atoms with van der Waals surface area (Å²) < 4.78 is 38.1. The summed E-state index contributed by atoms with van der Waals surface area (Å²) in [4.78, 5) is 19.2. The first kappa shape index (κ1) is 18.8. The summed E-state index contributed by atoms with van der Waals surface area (Å²) in [6, 6.07) is 5.57. The van der Waals surface area contributed by atoms with E-state index in [0.29, 0.717) is 5.69 Å². The van der Waals surface area contributed by atoms with Crippen molar-refractivity contribution in [3.63, 3.8) is 0 Å². The lowest BCUT2D eigenvalue weighted by molar-refractivity contribution is -0.141. The molecule has 1 heterocycles. The Labute approximate surface area is 149 Å². The predicted molar refractivity (Wildman–Crippen MR) is 87.6 cm³/mol. The summed E-state index contributed by atoms with van der Waals surface area (Å²) in [5.41, 5.74) is -0.565. The second-order valence-electron chi connectivity index (χ2n) is 4.61. The number of hydrogen-bond donors (Lipinski definition) is 1. The highest BCUT2D eigenvalue weighted by molar-refractivity contribution is 7.99. The van der Waals surface area contributed by atoms with Crippen molar-refractivity contribution in [2.75, 3.05) is 11.1 Å². The van der Waals surface area contributed by atoms with E-state index in [-0.39, 0.29) is 26.6 Å². The van der Waals surface area contributed by atoms with Gasteiger partial charge >= 0.3 is 6.18 Å². The number of carbonyl (C=O) groups excluding carboxylic acids is 1. The van der Waals surface area contributed by atoms with Gasteiger partial charge in [-0.3, -0.25) is 4.79 Å². The van der Waals surface area contributed by atoms with Crippen LogP contribution in [0.1, 0.15) is 11.4 Å². The lowest BCUT2D eigenvalue weighted by Crippen LogP contribution is -2.15. The number of amides is 1. The minimum Gasteiger partial charge on any atom is -0.324 e. The number of aromatic nitrogens is 2. The Morgan fingerprint density at radius 3 is 2.67 bits per heavy atom. The molecule has 1 N–H and O–H groups in total. The van der Waals surface area contributed by atoms with Crippen molar-refractivity contribution in [2.45, 2.75) is 18.3 Å². The van der Waals surface area contributed by atoms with Crippen LogP contribution in [0.3, 0.4) is 0 Å². The molecule has 0 aliphatic carbocycles. The fraction of sp³-hybridized carbons (Fsp3) is 0.214. The summed E-state index contributed by atoms with van der Waals surface area (Å²) in [7, 11) is 0. The topological polar surface area (TPSA) is 54.9 Å². The monoisotopic (exact) mass is 395 g/mol. The molecule has 0 unspecified atom stereocenters. The van der Waals surface area contributed by atoms with Gasteiger partial charge in [0.2, 0.25) is 5.91 Å². The van der Waals surface area contributed by atoms with Crippen LogP contribution in [0.2, 0.25) is 10.0 Å². The molecule has 0 aliphatic heterocycles. The van der Waals surface area contributed by atoms with Crippen LogP contribution in [0, 0.1) is 6.92 Å². The van der Waals surface area contributed by atoms with E-state index in [0.717, 1.165) is 17.8 Å². The molecule has 0 saturated heterocycles. The van der Waals surface area contributed by atoms with Crippen LogP contribution >= 0.6 is 35.0 Å². The van der Waals surface area contributed by atoms with Gasteiger partial charge in [0.15, 0.2) is 5.16 Å². The molecule has 24 heavy (non-hydrogen) atoms. The highest BCUT2D eigenvalue weighted by Crippen LogP contribution is 2.31. The maximum absolute atomic E-state index is 12.7. The number of nitrogens with zero attached hydrogens (tertiary/aromatic N) is 2. The molecule has 0 saturated carbocycles. The minimum absolute atomic E-state index is 0.130. The molecule has 1 aromatic carbocycles. The Bertz CT molecular complexity index is 771. The van der Waals surface area contributed by atoms with Crippen molar-refractivity contribution in [3.8, 4) is 0 Å². The van der Waals surface area contributed by atoms with Crippen molar-refractivity contribution in [1.82, 2.24) is 9.97 Å². The summed E-state index contributed by atoms with van der Waals surface area (Å²) >= 11 is 12.6. The van der Waals surface area contributed by atoms with Crippen molar-refractivity contribution < 1.29 is 18.0 Å². The molecule has 1 amide bonds. The Kier molecular flexibility index (Phi) is 5.95. The van der Waals surface area contributed by atoms with Crippen LogP contribution in [0.4, 0.5) is 18.9 Å². The predicted octanol–water partition coefficient (Wildman–Crippen LogP) is 4.84. The van der Waals surface area contributed by atoms with E-state index in [9.17, 15) is 18.0 Å². The number of thioether (sulfide) groups is 1. The third-order valence-electron chi connectivity index (χ3n) is 2.68. The van der Waals surface area contributed by atoms with E-state index in [1.165, 1.54) is 6.92 Å². The number of alkyl halides is 3. The maximum atomic E-state index is 12.7. The molecular weight excluding hydrogens is 386 g/mol. The second-order valence-corrected chi connectivity index (χ2v) is 6.34. The molecule has 0 radical (unpaired) electrons. The molecule has 0 spiro atoms. The summed E-state index contributed by atoms with van der Waals surface area (Å²) in [5.74, 6) is -0.647. The molecular formula is C14H10Cl2F3N3OS. The summed E-state index contributed by atoms with van der Waals surface area (Å²) in [6.07, 6.45) is -4.57. The summed E-state index contributed by atoms with van der Waals surface area (Å²) in [6.45, 7) is 1.42. The first-order valence-electron chi connectivity index (χ1n) is 6.46. The number of hydrogen-bond acceptors (Lipinski definition) is 4. The van der Waals surface area contributed by atoms with Crippen molar-refractivity contribution in [3.05, 3.63) is 45.7 Å². The molecule has 0 atom stereocenters. The molecule has 4 nitrogen and oxygen atoms in total.